The van der Waals surface area contributed by atoms with Crippen molar-refractivity contribution < 1.29 is 19.8 Å². The van der Waals surface area contributed by atoms with Crippen molar-refractivity contribution in [3.05, 3.63) is 76.6 Å². The van der Waals surface area contributed by atoms with E-state index in [1.165, 1.54) is 0 Å². The highest BCUT2D eigenvalue weighted by Gasteiger charge is 2.19. The number of hydrogen-bond donors (Lipinski definition) is 2. The number of carboxylic acid groups (broad SMARTS) is 2. The highest BCUT2D eigenvalue weighted by molar-refractivity contribution is 6.27. The van der Waals surface area contributed by atoms with Gasteiger partial charge < -0.3 is 24.6 Å². The Hall–Kier alpha value is -3.65. The molecule has 2 heterocycles. The van der Waals surface area contributed by atoms with Gasteiger partial charge in [0, 0.05) is 31.6 Å². The quantitative estimate of drug-likeness (QED) is 0.621. The van der Waals surface area contributed by atoms with Gasteiger partial charge in [0.1, 0.15) is 5.69 Å². The molecule has 1 aliphatic heterocycles. The molecule has 8 heteroatoms. The Kier molecular flexibility index (Phi) is 7.04. The standard InChI is InChI=1S/C21H23N3O.C2H2O4/c1-22-11-13-23(14-12-22)20-15-18-9-5-6-10-19(18)24(21(20)25)16-17-7-3-2-4-8-17;3-1(4)2(5)6/h2-10,15H,11-14,16H2,1H3;(H,3,4)(H,5,6). The predicted molar refractivity (Wildman–Crippen MR) is 119 cm³/mol. The van der Waals surface area contributed by atoms with E-state index in [-0.39, 0.29) is 5.56 Å². The number of benzene rings is 2. The molecule has 0 radical (unpaired) electrons. The molecule has 0 aliphatic carbocycles. The molecule has 1 aliphatic rings. The number of pyridine rings is 1. The summed E-state index contributed by atoms with van der Waals surface area (Å²) in [6.07, 6.45) is 0. The molecular weight excluding hydrogens is 398 g/mol. The van der Waals surface area contributed by atoms with Gasteiger partial charge in [-0.25, -0.2) is 9.59 Å². The Morgan fingerprint density at radius 3 is 2.06 bits per heavy atom. The van der Waals surface area contributed by atoms with Crippen molar-refractivity contribution in [3.8, 4) is 0 Å². The molecule has 1 saturated heterocycles. The molecule has 8 nitrogen and oxygen atoms in total. The van der Waals surface area contributed by atoms with E-state index in [4.69, 9.17) is 19.8 Å². The minimum absolute atomic E-state index is 0.104. The van der Waals surface area contributed by atoms with Crippen molar-refractivity contribution in [2.45, 2.75) is 6.54 Å². The molecule has 2 aromatic carbocycles. The summed E-state index contributed by atoms with van der Waals surface area (Å²) in [5.41, 5.74) is 3.06. The van der Waals surface area contributed by atoms with E-state index in [1.54, 1.807) is 0 Å². The zero-order valence-electron chi connectivity index (χ0n) is 17.3. The van der Waals surface area contributed by atoms with Crippen LogP contribution in [0.5, 0.6) is 0 Å². The molecule has 1 fully saturated rings. The van der Waals surface area contributed by atoms with E-state index in [0.29, 0.717) is 6.54 Å². The third kappa shape index (κ3) is 5.49. The first-order valence-corrected chi connectivity index (χ1v) is 9.93. The number of fused-ring (bicyclic) bond motifs is 1. The van der Waals surface area contributed by atoms with Crippen molar-refractivity contribution in [2.75, 3.05) is 38.1 Å². The molecule has 3 aromatic rings. The average Bonchev–Trinajstić information content (AvgIpc) is 2.77. The Bertz CT molecular complexity index is 1110. The Morgan fingerprint density at radius 2 is 1.45 bits per heavy atom. The van der Waals surface area contributed by atoms with Gasteiger partial charge in [0.2, 0.25) is 0 Å². The van der Waals surface area contributed by atoms with Crippen molar-refractivity contribution in [3.63, 3.8) is 0 Å². The highest BCUT2D eigenvalue weighted by atomic mass is 16.4. The molecule has 0 bridgehead atoms. The molecule has 1 aromatic heterocycles. The van der Waals surface area contributed by atoms with Gasteiger partial charge in [0.25, 0.3) is 5.56 Å². The number of nitrogens with zero attached hydrogens (tertiary/aromatic N) is 3. The summed E-state index contributed by atoms with van der Waals surface area (Å²) in [5.74, 6) is -3.65. The van der Waals surface area contributed by atoms with E-state index >= 15 is 0 Å². The highest BCUT2D eigenvalue weighted by Crippen LogP contribution is 2.20. The second kappa shape index (κ2) is 9.90. The SMILES string of the molecule is CN1CCN(c2cc3ccccc3n(Cc3ccccc3)c2=O)CC1.O=C(O)C(=O)O. The maximum atomic E-state index is 13.3. The van der Waals surface area contributed by atoms with Crippen molar-refractivity contribution >= 4 is 28.5 Å². The number of hydrogen-bond acceptors (Lipinski definition) is 5. The lowest BCUT2D eigenvalue weighted by atomic mass is 10.1. The molecule has 0 unspecified atom stereocenters. The van der Waals surface area contributed by atoms with E-state index in [9.17, 15) is 4.79 Å². The smallest absolute Gasteiger partial charge is 0.414 e. The minimum Gasteiger partial charge on any atom is -0.473 e. The second-order valence-corrected chi connectivity index (χ2v) is 7.37. The summed E-state index contributed by atoms with van der Waals surface area (Å²) in [4.78, 5) is 36.0. The van der Waals surface area contributed by atoms with E-state index in [1.807, 2.05) is 41.0 Å². The van der Waals surface area contributed by atoms with Crippen molar-refractivity contribution in [2.24, 2.45) is 0 Å². The monoisotopic (exact) mass is 423 g/mol. The third-order valence-corrected chi connectivity index (χ3v) is 5.19. The topological polar surface area (TPSA) is 103 Å². The summed E-state index contributed by atoms with van der Waals surface area (Å²) in [6, 6.07) is 20.4. The molecule has 0 spiro atoms. The first kappa shape index (κ1) is 22.0. The maximum Gasteiger partial charge on any atom is 0.414 e. The fraction of sp³-hybridized carbons (Fsp3) is 0.261. The first-order valence-electron chi connectivity index (χ1n) is 9.93. The Morgan fingerprint density at radius 1 is 0.871 bits per heavy atom. The van der Waals surface area contributed by atoms with Crippen LogP contribution < -0.4 is 10.5 Å². The van der Waals surface area contributed by atoms with Crippen LogP contribution >= 0.6 is 0 Å². The summed E-state index contributed by atoms with van der Waals surface area (Å²) < 4.78 is 1.92. The number of carbonyl (C=O) groups is 2. The van der Waals surface area contributed by atoms with E-state index in [0.717, 1.165) is 48.3 Å². The maximum absolute atomic E-state index is 13.3. The number of piperazine rings is 1. The van der Waals surface area contributed by atoms with E-state index in [2.05, 4.69) is 41.1 Å². The normalized spacial score (nSPS) is 14.0. The molecular formula is C23H25N3O5. The van der Waals surface area contributed by atoms with Gasteiger partial charge in [-0.05, 0) is 24.7 Å². The lowest BCUT2D eigenvalue weighted by Gasteiger charge is -2.34. The molecule has 4 rings (SSSR count). The fourth-order valence-electron chi connectivity index (χ4n) is 3.51. The Balaban J connectivity index is 0.000000401. The largest absolute Gasteiger partial charge is 0.473 e. The molecule has 0 amide bonds. The van der Waals surface area contributed by atoms with Crippen LogP contribution in [-0.4, -0.2) is 64.8 Å². The first-order chi connectivity index (χ1) is 14.9. The summed E-state index contributed by atoms with van der Waals surface area (Å²) in [6.45, 7) is 4.38. The Labute approximate surface area is 179 Å². The summed E-state index contributed by atoms with van der Waals surface area (Å²) in [5, 5.41) is 15.9. The number of aliphatic carboxylic acids is 2. The van der Waals surface area contributed by atoms with Crippen molar-refractivity contribution in [1.29, 1.82) is 0 Å². The van der Waals surface area contributed by atoms with E-state index < -0.39 is 11.9 Å². The molecule has 162 valence electrons. The second-order valence-electron chi connectivity index (χ2n) is 7.37. The van der Waals surface area contributed by atoms with Crippen LogP contribution in [0.4, 0.5) is 5.69 Å². The zero-order chi connectivity index (χ0) is 22.4. The number of para-hydroxylation sites is 1. The summed E-state index contributed by atoms with van der Waals surface area (Å²) in [7, 11) is 2.13. The predicted octanol–water partition coefficient (Wildman–Crippen LogP) is 1.96. The third-order valence-electron chi connectivity index (χ3n) is 5.19. The van der Waals surface area contributed by atoms with Gasteiger partial charge in [-0.1, -0.05) is 48.5 Å². The van der Waals surface area contributed by atoms with Crippen LogP contribution in [0, 0.1) is 0 Å². The van der Waals surface area contributed by atoms with Gasteiger partial charge >= 0.3 is 11.9 Å². The van der Waals surface area contributed by atoms with Gasteiger partial charge in [-0.3, -0.25) is 4.79 Å². The van der Waals surface area contributed by atoms with Crippen LogP contribution in [0.3, 0.4) is 0 Å². The lowest BCUT2D eigenvalue weighted by molar-refractivity contribution is -0.159. The van der Waals surface area contributed by atoms with Crippen LogP contribution in [0.2, 0.25) is 0 Å². The van der Waals surface area contributed by atoms with Crippen LogP contribution in [0.1, 0.15) is 5.56 Å². The minimum atomic E-state index is -1.82. The number of carboxylic acids is 2. The van der Waals surface area contributed by atoms with Gasteiger partial charge in [-0.2, -0.15) is 0 Å². The van der Waals surface area contributed by atoms with Crippen LogP contribution in [-0.2, 0) is 16.1 Å². The molecule has 31 heavy (non-hydrogen) atoms. The van der Waals surface area contributed by atoms with Crippen molar-refractivity contribution in [1.82, 2.24) is 9.47 Å². The zero-order valence-corrected chi connectivity index (χ0v) is 17.3. The molecule has 0 atom stereocenters. The lowest BCUT2D eigenvalue weighted by Crippen LogP contribution is -2.46. The van der Waals surface area contributed by atoms with Crippen LogP contribution in [0.25, 0.3) is 10.9 Å². The fourth-order valence-corrected chi connectivity index (χ4v) is 3.51. The summed E-state index contributed by atoms with van der Waals surface area (Å²) >= 11 is 0. The number of likely N-dealkylation sites (N-methyl/N-ethyl adjacent to an activating group) is 1. The molecule has 2 N–H and O–H groups in total. The average molecular weight is 423 g/mol. The number of anilines is 1. The number of rotatable bonds is 3. The van der Waals surface area contributed by atoms with Crippen LogP contribution in [0.15, 0.2) is 65.5 Å². The van der Waals surface area contributed by atoms with Gasteiger partial charge in [-0.15, -0.1) is 0 Å². The van der Waals surface area contributed by atoms with Gasteiger partial charge in [0.05, 0.1) is 12.1 Å². The number of aromatic nitrogens is 1. The van der Waals surface area contributed by atoms with Gasteiger partial charge in [0.15, 0.2) is 0 Å². The molecule has 0 saturated carbocycles.